The maximum atomic E-state index is 5.50. The van der Waals surface area contributed by atoms with Crippen molar-refractivity contribution in [3.05, 3.63) is 11.8 Å². The molecule has 68 valence electrons. The third kappa shape index (κ3) is 2.57. The summed E-state index contributed by atoms with van der Waals surface area (Å²) in [4.78, 5) is 0. The van der Waals surface area contributed by atoms with Crippen molar-refractivity contribution in [2.24, 2.45) is 5.92 Å². The molecule has 0 aliphatic rings. The number of hydrogen-bond donors (Lipinski definition) is 2. The number of nitrogen functional groups attached to an aromatic ring is 1. The van der Waals surface area contributed by atoms with Crippen molar-refractivity contribution in [1.82, 2.24) is 10.2 Å². The lowest BCUT2D eigenvalue weighted by Gasteiger charge is -2.04. The van der Waals surface area contributed by atoms with Crippen LogP contribution in [0.25, 0.3) is 0 Å². The Morgan fingerprint density at radius 1 is 1.67 bits per heavy atom. The molecule has 0 saturated carbocycles. The first kappa shape index (κ1) is 9.10. The van der Waals surface area contributed by atoms with E-state index in [1.807, 2.05) is 6.07 Å². The molecule has 0 fully saturated rings. The molecule has 0 amide bonds. The smallest absolute Gasteiger partial charge is 0.119 e. The highest BCUT2D eigenvalue weighted by molar-refractivity contribution is 5.28. The summed E-state index contributed by atoms with van der Waals surface area (Å²) in [5, 5.41) is 6.81. The fourth-order valence-electron chi connectivity index (χ4n) is 1.11. The van der Waals surface area contributed by atoms with E-state index in [4.69, 9.17) is 5.73 Å². The SMILES string of the molecule is CCC(C)CCc1cc(N)[nH]n1. The molecule has 1 rings (SSSR count). The zero-order valence-corrected chi connectivity index (χ0v) is 7.80. The van der Waals surface area contributed by atoms with Crippen molar-refractivity contribution >= 4 is 5.82 Å². The van der Waals surface area contributed by atoms with Crippen LogP contribution < -0.4 is 5.73 Å². The summed E-state index contributed by atoms with van der Waals surface area (Å²) in [5.41, 5.74) is 6.58. The molecule has 1 aromatic heterocycles. The number of H-pyrrole nitrogens is 1. The zero-order chi connectivity index (χ0) is 8.97. The van der Waals surface area contributed by atoms with Crippen LogP contribution in [0.3, 0.4) is 0 Å². The lowest BCUT2D eigenvalue weighted by Crippen LogP contribution is -1.95. The van der Waals surface area contributed by atoms with E-state index in [-0.39, 0.29) is 0 Å². The van der Waals surface area contributed by atoms with E-state index in [0.717, 1.165) is 18.0 Å². The van der Waals surface area contributed by atoms with Crippen LogP contribution >= 0.6 is 0 Å². The molecule has 1 atom stereocenters. The van der Waals surface area contributed by atoms with E-state index in [2.05, 4.69) is 24.0 Å². The number of rotatable bonds is 4. The Kier molecular flexibility index (Phi) is 3.14. The van der Waals surface area contributed by atoms with E-state index >= 15 is 0 Å². The molecule has 0 radical (unpaired) electrons. The Balaban J connectivity index is 2.33. The quantitative estimate of drug-likeness (QED) is 0.720. The monoisotopic (exact) mass is 167 g/mol. The van der Waals surface area contributed by atoms with Gasteiger partial charge in [-0.2, -0.15) is 5.10 Å². The van der Waals surface area contributed by atoms with Crippen LogP contribution in [0.15, 0.2) is 6.07 Å². The molecule has 1 unspecified atom stereocenters. The number of aromatic nitrogens is 2. The molecular weight excluding hydrogens is 150 g/mol. The van der Waals surface area contributed by atoms with Gasteiger partial charge in [-0.05, 0) is 18.8 Å². The lowest BCUT2D eigenvalue weighted by atomic mass is 10.0. The minimum atomic E-state index is 0.661. The summed E-state index contributed by atoms with van der Waals surface area (Å²) in [6, 6.07) is 1.91. The number of aryl methyl sites for hydroxylation is 1. The fourth-order valence-corrected chi connectivity index (χ4v) is 1.11. The summed E-state index contributed by atoms with van der Waals surface area (Å²) in [6.07, 6.45) is 3.46. The van der Waals surface area contributed by atoms with Gasteiger partial charge in [0.25, 0.3) is 0 Å². The normalized spacial score (nSPS) is 13.2. The first-order valence-corrected chi connectivity index (χ1v) is 4.52. The number of nitrogens with zero attached hydrogens (tertiary/aromatic N) is 1. The Bertz CT molecular complexity index is 229. The van der Waals surface area contributed by atoms with E-state index < -0.39 is 0 Å². The predicted molar refractivity (Wildman–Crippen MR) is 50.8 cm³/mol. The molecular formula is C9H17N3. The van der Waals surface area contributed by atoms with Gasteiger partial charge in [0.05, 0.1) is 5.69 Å². The van der Waals surface area contributed by atoms with Gasteiger partial charge in [-0.25, -0.2) is 0 Å². The standard InChI is InChI=1S/C9H17N3/c1-3-7(2)4-5-8-6-9(10)12-11-8/h6-7H,3-5H2,1-2H3,(H3,10,11,12). The first-order valence-electron chi connectivity index (χ1n) is 4.52. The molecule has 0 bridgehead atoms. The second-order valence-corrected chi connectivity index (χ2v) is 3.37. The van der Waals surface area contributed by atoms with Crippen molar-refractivity contribution < 1.29 is 0 Å². The molecule has 3 N–H and O–H groups in total. The Hall–Kier alpha value is -0.990. The summed E-state index contributed by atoms with van der Waals surface area (Å²) < 4.78 is 0. The molecule has 0 aromatic carbocycles. The molecule has 0 aliphatic heterocycles. The van der Waals surface area contributed by atoms with Crippen LogP contribution in [0.1, 0.15) is 32.4 Å². The zero-order valence-electron chi connectivity index (χ0n) is 7.80. The number of anilines is 1. The third-order valence-electron chi connectivity index (χ3n) is 2.24. The van der Waals surface area contributed by atoms with Crippen molar-refractivity contribution in [3.63, 3.8) is 0 Å². The van der Waals surface area contributed by atoms with Crippen LogP contribution in [0.4, 0.5) is 5.82 Å². The number of hydrogen-bond acceptors (Lipinski definition) is 2. The molecule has 3 nitrogen and oxygen atoms in total. The van der Waals surface area contributed by atoms with Gasteiger partial charge in [-0.1, -0.05) is 20.3 Å². The fraction of sp³-hybridized carbons (Fsp3) is 0.667. The lowest BCUT2D eigenvalue weighted by molar-refractivity contribution is 0.513. The van der Waals surface area contributed by atoms with E-state index in [1.165, 1.54) is 12.8 Å². The van der Waals surface area contributed by atoms with Crippen LogP contribution in [0.2, 0.25) is 0 Å². The highest BCUT2D eigenvalue weighted by Gasteiger charge is 2.02. The van der Waals surface area contributed by atoms with Crippen LogP contribution in [0.5, 0.6) is 0 Å². The average Bonchev–Trinajstić information content (AvgIpc) is 2.47. The van der Waals surface area contributed by atoms with Crippen LogP contribution in [0, 0.1) is 5.92 Å². The molecule has 0 aliphatic carbocycles. The second kappa shape index (κ2) is 4.14. The Labute approximate surface area is 73.4 Å². The molecule has 1 heterocycles. The maximum absolute atomic E-state index is 5.50. The van der Waals surface area contributed by atoms with Gasteiger partial charge in [0.2, 0.25) is 0 Å². The van der Waals surface area contributed by atoms with Gasteiger partial charge in [0.1, 0.15) is 5.82 Å². The van der Waals surface area contributed by atoms with Gasteiger partial charge < -0.3 is 5.73 Å². The number of nitrogens with one attached hydrogen (secondary N) is 1. The van der Waals surface area contributed by atoms with Gasteiger partial charge >= 0.3 is 0 Å². The Morgan fingerprint density at radius 2 is 2.42 bits per heavy atom. The van der Waals surface area contributed by atoms with E-state index in [9.17, 15) is 0 Å². The first-order chi connectivity index (χ1) is 5.72. The third-order valence-corrected chi connectivity index (χ3v) is 2.24. The highest BCUT2D eigenvalue weighted by Crippen LogP contribution is 2.11. The average molecular weight is 167 g/mol. The minimum Gasteiger partial charge on any atom is -0.384 e. The summed E-state index contributed by atoms with van der Waals surface area (Å²) in [7, 11) is 0. The van der Waals surface area contributed by atoms with Gasteiger partial charge in [0.15, 0.2) is 0 Å². The number of nitrogens with two attached hydrogens (primary N) is 1. The maximum Gasteiger partial charge on any atom is 0.119 e. The molecule has 3 heteroatoms. The highest BCUT2D eigenvalue weighted by atomic mass is 15.1. The second-order valence-electron chi connectivity index (χ2n) is 3.37. The number of aromatic amines is 1. The van der Waals surface area contributed by atoms with Crippen molar-refractivity contribution in [1.29, 1.82) is 0 Å². The summed E-state index contributed by atoms with van der Waals surface area (Å²) in [5.74, 6) is 1.44. The molecule has 0 spiro atoms. The summed E-state index contributed by atoms with van der Waals surface area (Å²) >= 11 is 0. The van der Waals surface area contributed by atoms with Crippen LogP contribution in [-0.4, -0.2) is 10.2 Å². The molecule has 0 saturated heterocycles. The topological polar surface area (TPSA) is 54.7 Å². The van der Waals surface area contributed by atoms with Crippen LogP contribution in [-0.2, 0) is 6.42 Å². The van der Waals surface area contributed by atoms with Crippen molar-refractivity contribution in [2.45, 2.75) is 33.1 Å². The van der Waals surface area contributed by atoms with E-state index in [0.29, 0.717) is 5.82 Å². The largest absolute Gasteiger partial charge is 0.384 e. The van der Waals surface area contributed by atoms with Gasteiger partial charge in [-0.15, -0.1) is 0 Å². The van der Waals surface area contributed by atoms with Crippen molar-refractivity contribution in [3.8, 4) is 0 Å². The summed E-state index contributed by atoms with van der Waals surface area (Å²) in [6.45, 7) is 4.47. The molecule has 1 aromatic rings. The Morgan fingerprint density at radius 3 is 2.92 bits per heavy atom. The predicted octanol–water partition coefficient (Wildman–Crippen LogP) is 1.97. The molecule has 12 heavy (non-hydrogen) atoms. The van der Waals surface area contributed by atoms with Gasteiger partial charge in [0, 0.05) is 6.07 Å². The van der Waals surface area contributed by atoms with Gasteiger partial charge in [-0.3, -0.25) is 5.10 Å². The van der Waals surface area contributed by atoms with Crippen molar-refractivity contribution in [2.75, 3.05) is 5.73 Å². The minimum absolute atomic E-state index is 0.661. The van der Waals surface area contributed by atoms with E-state index in [1.54, 1.807) is 0 Å².